The van der Waals surface area contributed by atoms with Gasteiger partial charge in [-0.2, -0.15) is 4.98 Å². The Morgan fingerprint density at radius 3 is 2.58 bits per heavy atom. The van der Waals surface area contributed by atoms with Crippen LogP contribution in [0.25, 0.3) is 11.3 Å². The number of aromatic nitrogens is 2. The standard InChI is InChI=1S/C14H15FN4/c15-11-6-2-1-5-10(11)12-9-13(16)18-14(17-12)19-7-3-4-8-19/h1-2,5-6,9H,3-4,7-8H2,(H2,16,17,18). The highest BCUT2D eigenvalue weighted by molar-refractivity contribution is 5.64. The van der Waals surface area contributed by atoms with Crippen LogP contribution in [0.2, 0.25) is 0 Å². The van der Waals surface area contributed by atoms with E-state index in [1.807, 2.05) is 0 Å². The fourth-order valence-electron chi connectivity index (χ4n) is 2.32. The minimum Gasteiger partial charge on any atom is -0.384 e. The van der Waals surface area contributed by atoms with Crippen LogP contribution in [0, 0.1) is 5.82 Å². The third-order valence-electron chi connectivity index (χ3n) is 3.27. The van der Waals surface area contributed by atoms with Crippen LogP contribution in [0.1, 0.15) is 12.8 Å². The van der Waals surface area contributed by atoms with Crippen molar-refractivity contribution in [1.82, 2.24) is 9.97 Å². The number of hydrogen-bond acceptors (Lipinski definition) is 4. The second-order valence-electron chi connectivity index (χ2n) is 4.65. The number of nitrogen functional groups attached to an aromatic ring is 1. The molecule has 0 saturated carbocycles. The molecule has 1 saturated heterocycles. The molecule has 1 aromatic carbocycles. The van der Waals surface area contributed by atoms with Gasteiger partial charge in [-0.1, -0.05) is 12.1 Å². The smallest absolute Gasteiger partial charge is 0.227 e. The zero-order valence-corrected chi connectivity index (χ0v) is 10.5. The highest BCUT2D eigenvalue weighted by atomic mass is 19.1. The first-order valence-electron chi connectivity index (χ1n) is 6.38. The molecule has 1 fully saturated rings. The van der Waals surface area contributed by atoms with Crippen LogP contribution in [-0.2, 0) is 0 Å². The minimum atomic E-state index is -0.298. The summed E-state index contributed by atoms with van der Waals surface area (Å²) in [4.78, 5) is 10.8. The maximum Gasteiger partial charge on any atom is 0.227 e. The summed E-state index contributed by atoms with van der Waals surface area (Å²) in [7, 11) is 0. The largest absolute Gasteiger partial charge is 0.384 e. The highest BCUT2D eigenvalue weighted by Crippen LogP contribution is 2.25. The van der Waals surface area contributed by atoms with Gasteiger partial charge in [0.25, 0.3) is 0 Å². The molecule has 3 rings (SSSR count). The molecule has 4 nitrogen and oxygen atoms in total. The summed E-state index contributed by atoms with van der Waals surface area (Å²) < 4.78 is 13.8. The predicted molar refractivity (Wildman–Crippen MR) is 73.3 cm³/mol. The van der Waals surface area contributed by atoms with Gasteiger partial charge < -0.3 is 10.6 Å². The van der Waals surface area contributed by atoms with Gasteiger partial charge in [0, 0.05) is 24.7 Å². The maximum atomic E-state index is 13.8. The molecule has 5 heteroatoms. The van der Waals surface area contributed by atoms with Crippen molar-refractivity contribution < 1.29 is 4.39 Å². The lowest BCUT2D eigenvalue weighted by atomic mass is 10.1. The summed E-state index contributed by atoms with van der Waals surface area (Å²) in [5.41, 5.74) is 6.80. The monoisotopic (exact) mass is 258 g/mol. The summed E-state index contributed by atoms with van der Waals surface area (Å²) in [6.45, 7) is 1.86. The van der Waals surface area contributed by atoms with Crippen LogP contribution in [0.15, 0.2) is 30.3 Å². The molecule has 0 spiro atoms. The van der Waals surface area contributed by atoms with Crippen molar-refractivity contribution in [2.75, 3.05) is 23.7 Å². The summed E-state index contributed by atoms with van der Waals surface area (Å²) in [5.74, 6) is 0.666. The Morgan fingerprint density at radius 1 is 1.11 bits per heavy atom. The topological polar surface area (TPSA) is 55.0 Å². The Morgan fingerprint density at radius 2 is 1.84 bits per heavy atom. The summed E-state index contributed by atoms with van der Waals surface area (Å²) in [5, 5.41) is 0. The zero-order valence-electron chi connectivity index (χ0n) is 10.5. The predicted octanol–water partition coefficient (Wildman–Crippen LogP) is 2.47. The van der Waals surface area contributed by atoms with E-state index >= 15 is 0 Å². The first-order valence-corrected chi connectivity index (χ1v) is 6.38. The normalized spacial score (nSPS) is 14.9. The molecule has 0 radical (unpaired) electrons. The fourth-order valence-corrected chi connectivity index (χ4v) is 2.32. The van der Waals surface area contributed by atoms with E-state index in [1.165, 1.54) is 6.07 Å². The Kier molecular flexibility index (Phi) is 3.03. The molecular formula is C14H15FN4. The Bertz CT molecular complexity index is 594. The third-order valence-corrected chi connectivity index (χ3v) is 3.27. The van der Waals surface area contributed by atoms with Gasteiger partial charge in [-0.15, -0.1) is 0 Å². The van der Waals surface area contributed by atoms with Crippen molar-refractivity contribution in [3.63, 3.8) is 0 Å². The van der Waals surface area contributed by atoms with Gasteiger partial charge in [0.1, 0.15) is 11.6 Å². The van der Waals surface area contributed by atoms with Crippen LogP contribution < -0.4 is 10.6 Å². The van der Waals surface area contributed by atoms with Crippen molar-refractivity contribution in [1.29, 1.82) is 0 Å². The lowest BCUT2D eigenvalue weighted by Gasteiger charge is -2.16. The van der Waals surface area contributed by atoms with Crippen LogP contribution in [0.3, 0.4) is 0 Å². The third kappa shape index (κ3) is 2.36. The van der Waals surface area contributed by atoms with E-state index in [4.69, 9.17) is 5.73 Å². The molecule has 2 aromatic rings. The quantitative estimate of drug-likeness (QED) is 0.899. The van der Waals surface area contributed by atoms with Gasteiger partial charge in [-0.25, -0.2) is 9.37 Å². The fraction of sp³-hybridized carbons (Fsp3) is 0.286. The number of benzene rings is 1. The summed E-state index contributed by atoms with van der Waals surface area (Å²) >= 11 is 0. The van der Waals surface area contributed by atoms with Crippen molar-refractivity contribution in [2.24, 2.45) is 0 Å². The second-order valence-corrected chi connectivity index (χ2v) is 4.65. The molecule has 1 aliphatic rings. The molecule has 0 bridgehead atoms. The molecule has 0 atom stereocenters. The van der Waals surface area contributed by atoms with E-state index < -0.39 is 0 Å². The molecule has 1 aliphatic heterocycles. The van der Waals surface area contributed by atoms with E-state index in [1.54, 1.807) is 24.3 Å². The van der Waals surface area contributed by atoms with Gasteiger partial charge in [0.2, 0.25) is 5.95 Å². The van der Waals surface area contributed by atoms with Crippen LogP contribution >= 0.6 is 0 Å². The number of nitrogens with two attached hydrogens (primary N) is 1. The number of rotatable bonds is 2. The molecule has 0 unspecified atom stereocenters. The van der Waals surface area contributed by atoms with Crippen LogP contribution in [0.5, 0.6) is 0 Å². The highest BCUT2D eigenvalue weighted by Gasteiger charge is 2.17. The molecule has 2 heterocycles. The molecule has 0 amide bonds. The van der Waals surface area contributed by atoms with Gasteiger partial charge in [-0.05, 0) is 25.0 Å². The Balaban J connectivity index is 2.04. The number of nitrogens with zero attached hydrogens (tertiary/aromatic N) is 3. The molecule has 98 valence electrons. The van der Waals surface area contributed by atoms with Crippen molar-refractivity contribution in [2.45, 2.75) is 12.8 Å². The van der Waals surface area contributed by atoms with E-state index in [0.717, 1.165) is 25.9 Å². The molecule has 0 aliphatic carbocycles. The lowest BCUT2D eigenvalue weighted by Crippen LogP contribution is -2.21. The van der Waals surface area contributed by atoms with Crippen molar-refractivity contribution in [3.8, 4) is 11.3 Å². The van der Waals surface area contributed by atoms with Crippen molar-refractivity contribution in [3.05, 3.63) is 36.1 Å². The summed E-state index contributed by atoms with van der Waals surface area (Å²) in [6, 6.07) is 8.17. The van der Waals surface area contributed by atoms with Crippen LogP contribution in [-0.4, -0.2) is 23.1 Å². The maximum absolute atomic E-state index is 13.8. The van der Waals surface area contributed by atoms with E-state index in [0.29, 0.717) is 23.0 Å². The van der Waals surface area contributed by atoms with E-state index in [2.05, 4.69) is 14.9 Å². The average molecular weight is 258 g/mol. The van der Waals surface area contributed by atoms with Crippen molar-refractivity contribution >= 4 is 11.8 Å². The Hall–Kier alpha value is -2.17. The average Bonchev–Trinajstić information content (AvgIpc) is 2.92. The van der Waals surface area contributed by atoms with Gasteiger partial charge in [0.15, 0.2) is 0 Å². The molecule has 2 N–H and O–H groups in total. The lowest BCUT2D eigenvalue weighted by molar-refractivity contribution is 0.630. The zero-order chi connectivity index (χ0) is 13.2. The number of hydrogen-bond donors (Lipinski definition) is 1. The first-order chi connectivity index (χ1) is 9.24. The number of anilines is 2. The SMILES string of the molecule is Nc1cc(-c2ccccc2F)nc(N2CCCC2)n1. The van der Waals surface area contributed by atoms with Crippen LogP contribution in [0.4, 0.5) is 16.2 Å². The Labute approximate surface area is 111 Å². The number of halogens is 1. The first kappa shape index (κ1) is 11.9. The molecular weight excluding hydrogens is 243 g/mol. The molecule has 1 aromatic heterocycles. The second kappa shape index (κ2) is 4.84. The summed E-state index contributed by atoms with van der Waals surface area (Å²) in [6.07, 6.45) is 2.26. The molecule has 19 heavy (non-hydrogen) atoms. The minimum absolute atomic E-state index is 0.298. The van der Waals surface area contributed by atoms with E-state index in [-0.39, 0.29) is 5.82 Å². The van der Waals surface area contributed by atoms with Gasteiger partial charge in [-0.3, -0.25) is 0 Å². The van der Waals surface area contributed by atoms with Gasteiger partial charge >= 0.3 is 0 Å². The van der Waals surface area contributed by atoms with E-state index in [9.17, 15) is 4.39 Å². The van der Waals surface area contributed by atoms with Gasteiger partial charge in [0.05, 0.1) is 5.69 Å².